The zero-order valence-electron chi connectivity index (χ0n) is 20.2. The molecule has 0 spiro atoms. The van der Waals surface area contributed by atoms with Crippen LogP contribution in [0.2, 0.25) is 0 Å². The van der Waals surface area contributed by atoms with Crippen molar-refractivity contribution in [2.45, 2.75) is 51.6 Å². The number of nitrogens with one attached hydrogen (secondary N) is 1. The summed E-state index contributed by atoms with van der Waals surface area (Å²) in [5.41, 5.74) is 6.43. The van der Waals surface area contributed by atoms with Gasteiger partial charge < -0.3 is 20.7 Å². The number of rotatable bonds is 5. The number of likely N-dealkylation sites (N-methyl/N-ethyl adjacent to an activating group) is 1. The van der Waals surface area contributed by atoms with E-state index in [9.17, 15) is 22.8 Å². The van der Waals surface area contributed by atoms with Gasteiger partial charge in [-0.3, -0.25) is 9.59 Å². The number of amides is 2. The number of ether oxygens (including phenoxy) is 1. The van der Waals surface area contributed by atoms with E-state index in [0.29, 0.717) is 23.1 Å². The zero-order chi connectivity index (χ0) is 26.0. The molecule has 13 heteroatoms. The second-order valence-corrected chi connectivity index (χ2v) is 8.57. The van der Waals surface area contributed by atoms with E-state index in [1.54, 1.807) is 18.5 Å². The Kier molecular flexibility index (Phi) is 8.83. The Balaban J connectivity index is 0.00000380. The molecule has 1 fully saturated rings. The van der Waals surface area contributed by atoms with Gasteiger partial charge in [0.2, 0.25) is 0 Å². The van der Waals surface area contributed by atoms with Crippen LogP contribution in [0.25, 0.3) is 10.9 Å². The van der Waals surface area contributed by atoms with Crippen molar-refractivity contribution in [3.63, 3.8) is 0 Å². The van der Waals surface area contributed by atoms with Gasteiger partial charge in [-0.25, -0.2) is 9.67 Å². The van der Waals surface area contributed by atoms with E-state index in [1.807, 2.05) is 0 Å². The van der Waals surface area contributed by atoms with Crippen LogP contribution in [0.4, 0.5) is 24.7 Å². The van der Waals surface area contributed by atoms with Crippen LogP contribution in [0.3, 0.4) is 0 Å². The molecular weight excluding hydrogens is 541 g/mol. The smallest absolute Gasteiger partial charge is 0.383 e. The summed E-state index contributed by atoms with van der Waals surface area (Å²) >= 11 is 0. The summed E-state index contributed by atoms with van der Waals surface area (Å²) in [6.45, 7) is 4.08. The molecule has 1 radical (unpaired) electrons. The molecule has 203 valence electrons. The normalized spacial score (nSPS) is 16.6. The first-order chi connectivity index (χ1) is 17.1. The number of fused-ring (bicyclic) bond motifs is 1. The monoisotopic (exact) mass is 567 g/mol. The topological polar surface area (TPSA) is 115 Å². The molecule has 2 aromatic heterocycles. The molecule has 1 aliphatic heterocycles. The SMILES string of the molecule is CCN(C(=O)C(=O)Nc1cnc(N)c2cnn(C3CCCCO3)c12)C(C)c1ccc(C(F)(F)F)cc1.[Cu]. The van der Waals surface area contributed by atoms with Gasteiger partial charge in [-0.05, 0) is 50.8 Å². The van der Waals surface area contributed by atoms with Crippen molar-refractivity contribution in [2.24, 2.45) is 0 Å². The summed E-state index contributed by atoms with van der Waals surface area (Å²) in [6, 6.07) is 3.88. The number of anilines is 2. The minimum absolute atomic E-state index is 0. The van der Waals surface area contributed by atoms with E-state index in [4.69, 9.17) is 10.5 Å². The van der Waals surface area contributed by atoms with Gasteiger partial charge in [-0.15, -0.1) is 0 Å². The molecule has 3 heterocycles. The van der Waals surface area contributed by atoms with E-state index < -0.39 is 29.6 Å². The van der Waals surface area contributed by atoms with Gasteiger partial charge in [-0.2, -0.15) is 18.3 Å². The van der Waals surface area contributed by atoms with Crippen LogP contribution in [0, 0.1) is 0 Å². The summed E-state index contributed by atoms with van der Waals surface area (Å²) in [6.07, 6.45) is 0.741. The number of benzene rings is 1. The number of carbonyl (C=O) groups excluding carboxylic acids is 2. The number of carbonyl (C=O) groups is 2. The average molecular weight is 568 g/mol. The number of aromatic nitrogens is 3. The summed E-state index contributed by atoms with van der Waals surface area (Å²) in [5.74, 6) is -1.53. The molecular formula is C24H27CuF3N6O3. The number of hydrogen-bond donors (Lipinski definition) is 2. The van der Waals surface area contributed by atoms with Gasteiger partial charge in [0.25, 0.3) is 0 Å². The fourth-order valence-corrected chi connectivity index (χ4v) is 4.34. The molecule has 1 saturated heterocycles. The van der Waals surface area contributed by atoms with Crippen molar-refractivity contribution in [3.05, 3.63) is 47.8 Å². The van der Waals surface area contributed by atoms with Crippen molar-refractivity contribution in [1.82, 2.24) is 19.7 Å². The average Bonchev–Trinajstić information content (AvgIpc) is 3.32. The van der Waals surface area contributed by atoms with Crippen molar-refractivity contribution >= 4 is 34.2 Å². The third kappa shape index (κ3) is 5.89. The van der Waals surface area contributed by atoms with Crippen LogP contribution >= 0.6 is 0 Å². The van der Waals surface area contributed by atoms with Crippen molar-refractivity contribution in [1.29, 1.82) is 0 Å². The predicted molar refractivity (Wildman–Crippen MR) is 127 cm³/mol. The molecule has 1 aliphatic rings. The molecule has 3 N–H and O–H groups in total. The Morgan fingerprint density at radius 2 is 1.95 bits per heavy atom. The van der Waals surface area contributed by atoms with Crippen molar-refractivity contribution < 1.29 is 44.6 Å². The molecule has 1 aromatic carbocycles. The summed E-state index contributed by atoms with van der Waals surface area (Å²) < 4.78 is 46.2. The minimum Gasteiger partial charge on any atom is -0.383 e. The summed E-state index contributed by atoms with van der Waals surface area (Å²) in [7, 11) is 0. The van der Waals surface area contributed by atoms with Gasteiger partial charge in [0.1, 0.15) is 11.3 Å². The Labute approximate surface area is 222 Å². The maximum Gasteiger partial charge on any atom is 0.416 e. The van der Waals surface area contributed by atoms with E-state index in [2.05, 4.69) is 15.4 Å². The number of nitrogens with two attached hydrogens (primary N) is 1. The fourth-order valence-electron chi connectivity index (χ4n) is 4.34. The number of nitrogen functional groups attached to an aromatic ring is 1. The van der Waals surface area contributed by atoms with Crippen molar-refractivity contribution in [2.75, 3.05) is 24.2 Å². The van der Waals surface area contributed by atoms with E-state index in [0.717, 1.165) is 31.4 Å². The van der Waals surface area contributed by atoms with E-state index in [-0.39, 0.29) is 41.3 Å². The molecule has 0 bridgehead atoms. The van der Waals surface area contributed by atoms with Crippen LogP contribution in [0.15, 0.2) is 36.7 Å². The van der Waals surface area contributed by atoms with Gasteiger partial charge in [0.15, 0.2) is 6.23 Å². The van der Waals surface area contributed by atoms with E-state index in [1.165, 1.54) is 29.4 Å². The van der Waals surface area contributed by atoms with Gasteiger partial charge in [0.05, 0.1) is 35.1 Å². The van der Waals surface area contributed by atoms with Crippen LogP contribution < -0.4 is 11.1 Å². The van der Waals surface area contributed by atoms with Crippen LogP contribution in [-0.2, 0) is 37.6 Å². The molecule has 3 aromatic rings. The third-order valence-corrected chi connectivity index (χ3v) is 6.32. The number of nitrogens with zero attached hydrogens (tertiary/aromatic N) is 4. The first-order valence-electron chi connectivity index (χ1n) is 11.6. The second kappa shape index (κ2) is 11.5. The van der Waals surface area contributed by atoms with Gasteiger partial charge >= 0.3 is 18.0 Å². The Morgan fingerprint density at radius 3 is 2.54 bits per heavy atom. The molecule has 2 unspecified atom stereocenters. The predicted octanol–water partition coefficient (Wildman–Crippen LogP) is 4.28. The number of hydrogen-bond acceptors (Lipinski definition) is 6. The Bertz CT molecular complexity index is 1260. The van der Waals surface area contributed by atoms with Gasteiger partial charge in [-0.1, -0.05) is 12.1 Å². The summed E-state index contributed by atoms with van der Waals surface area (Å²) in [5, 5.41) is 7.51. The fraction of sp³-hybridized carbons (Fsp3) is 0.417. The Hall–Kier alpha value is -3.15. The summed E-state index contributed by atoms with van der Waals surface area (Å²) in [4.78, 5) is 31.5. The van der Waals surface area contributed by atoms with Crippen LogP contribution in [-0.4, -0.2) is 44.6 Å². The molecule has 2 amide bonds. The second-order valence-electron chi connectivity index (χ2n) is 8.57. The van der Waals surface area contributed by atoms with Crippen LogP contribution in [0.5, 0.6) is 0 Å². The molecule has 0 aliphatic carbocycles. The van der Waals surface area contributed by atoms with E-state index >= 15 is 0 Å². The first-order valence-corrected chi connectivity index (χ1v) is 11.6. The third-order valence-electron chi connectivity index (χ3n) is 6.32. The maximum absolute atomic E-state index is 13.1. The minimum atomic E-state index is -4.46. The molecule has 37 heavy (non-hydrogen) atoms. The largest absolute Gasteiger partial charge is 0.416 e. The maximum atomic E-state index is 13.1. The Morgan fingerprint density at radius 1 is 1.24 bits per heavy atom. The number of alkyl halides is 3. The van der Waals surface area contributed by atoms with Crippen LogP contribution in [0.1, 0.15) is 56.5 Å². The zero-order valence-corrected chi connectivity index (χ0v) is 21.1. The molecule has 2 atom stereocenters. The standard InChI is InChI=1S/C24H27F3N6O3.Cu/c1-3-32(14(2)15-7-9-16(10-8-15)24(25,26)27)23(35)22(34)31-18-13-29-21(28)17-12-30-33(20(17)18)19-6-4-5-11-36-19;/h7-10,12-14,19H,3-6,11H2,1-2H3,(H2,28,29)(H,31,34);. The van der Waals surface area contributed by atoms with Crippen molar-refractivity contribution in [3.8, 4) is 0 Å². The quantitative estimate of drug-likeness (QED) is 0.351. The number of pyridine rings is 1. The molecule has 0 saturated carbocycles. The first kappa shape index (κ1) is 28.4. The number of halogens is 3. The van der Waals surface area contributed by atoms with Gasteiger partial charge in [0, 0.05) is 30.2 Å². The molecule has 9 nitrogen and oxygen atoms in total. The molecule has 4 rings (SSSR count).